The predicted molar refractivity (Wildman–Crippen MR) is 120 cm³/mol. The summed E-state index contributed by atoms with van der Waals surface area (Å²) in [5.74, 6) is 0.416. The molecule has 4 rings (SSSR count). The molecule has 0 spiro atoms. The Morgan fingerprint density at radius 3 is 2.77 bits per heavy atom. The van der Waals surface area contributed by atoms with Crippen LogP contribution in [0.15, 0.2) is 55.0 Å². The first-order chi connectivity index (χ1) is 14.6. The van der Waals surface area contributed by atoms with E-state index in [0.29, 0.717) is 39.4 Å². The number of rotatable bonds is 6. The van der Waals surface area contributed by atoms with Gasteiger partial charge in [0.25, 0.3) is 5.91 Å². The summed E-state index contributed by atoms with van der Waals surface area (Å²) in [5, 5.41) is 8.78. The topological polar surface area (TPSA) is 72.7 Å². The molecule has 9 heteroatoms. The number of aromatic nitrogens is 4. The molecule has 0 saturated heterocycles. The van der Waals surface area contributed by atoms with Crippen molar-refractivity contribution in [3.8, 4) is 5.82 Å². The summed E-state index contributed by atoms with van der Waals surface area (Å²) in [6.07, 6.45) is 6.21. The van der Waals surface area contributed by atoms with Gasteiger partial charge in [-0.2, -0.15) is 5.10 Å². The lowest BCUT2D eigenvalue weighted by atomic mass is 10.1. The van der Waals surface area contributed by atoms with Gasteiger partial charge in [-0.15, -0.1) is 11.3 Å². The van der Waals surface area contributed by atoms with Crippen molar-refractivity contribution >= 4 is 45.6 Å². The molecule has 0 unspecified atom stereocenters. The highest BCUT2D eigenvalue weighted by molar-refractivity contribution is 7.15. The van der Waals surface area contributed by atoms with E-state index in [1.807, 2.05) is 37.3 Å². The quantitative estimate of drug-likeness (QED) is 0.418. The van der Waals surface area contributed by atoms with Gasteiger partial charge in [-0.05, 0) is 30.2 Å². The first-order valence-corrected chi connectivity index (χ1v) is 10.8. The number of nitrogens with zero attached hydrogens (tertiary/aromatic N) is 4. The number of anilines is 1. The minimum Gasteiger partial charge on any atom is -0.298 e. The molecule has 0 radical (unpaired) electrons. The van der Waals surface area contributed by atoms with Crippen molar-refractivity contribution in [1.29, 1.82) is 0 Å². The van der Waals surface area contributed by atoms with E-state index in [4.69, 9.17) is 23.2 Å². The molecule has 30 heavy (non-hydrogen) atoms. The Labute approximate surface area is 187 Å². The molecule has 152 valence electrons. The van der Waals surface area contributed by atoms with E-state index in [-0.39, 0.29) is 5.91 Å². The third kappa shape index (κ3) is 4.23. The smallest absolute Gasteiger partial charge is 0.260 e. The number of carbonyl (C=O) groups is 1. The SMILES string of the molecule is CCc1c(C(=O)Nc2ncc(Cc3cccc(Cl)c3Cl)s2)cnn1-c1ccccn1. The minimum absolute atomic E-state index is 0.254. The molecule has 3 aromatic heterocycles. The Hall–Kier alpha value is -2.74. The van der Waals surface area contributed by atoms with Gasteiger partial charge in [0.2, 0.25) is 0 Å². The van der Waals surface area contributed by atoms with Crippen molar-refractivity contribution in [3.63, 3.8) is 0 Å². The van der Waals surface area contributed by atoms with Crippen LogP contribution in [-0.2, 0) is 12.8 Å². The van der Waals surface area contributed by atoms with E-state index >= 15 is 0 Å². The summed E-state index contributed by atoms with van der Waals surface area (Å²) in [6.45, 7) is 1.98. The number of hydrogen-bond donors (Lipinski definition) is 1. The summed E-state index contributed by atoms with van der Waals surface area (Å²) >= 11 is 13.7. The van der Waals surface area contributed by atoms with Gasteiger partial charge in [0.15, 0.2) is 10.9 Å². The molecule has 0 aliphatic carbocycles. The number of nitrogens with one attached hydrogen (secondary N) is 1. The summed E-state index contributed by atoms with van der Waals surface area (Å²) in [6, 6.07) is 11.1. The van der Waals surface area contributed by atoms with Crippen LogP contribution in [0.4, 0.5) is 5.13 Å². The minimum atomic E-state index is -0.254. The van der Waals surface area contributed by atoms with Gasteiger partial charge < -0.3 is 0 Å². The number of carbonyl (C=O) groups excluding carboxylic acids is 1. The monoisotopic (exact) mass is 457 g/mol. The number of thiazole rings is 1. The third-order valence-electron chi connectivity index (χ3n) is 4.48. The van der Waals surface area contributed by atoms with Gasteiger partial charge in [0, 0.05) is 23.7 Å². The van der Waals surface area contributed by atoms with Crippen LogP contribution in [0.1, 0.15) is 33.4 Å². The number of amides is 1. The standard InChI is InChI=1S/C21H17Cl2N5OS/c1-2-17-15(12-26-28(17)18-8-3-4-9-24-18)20(29)27-21-25-11-14(30-21)10-13-6-5-7-16(22)19(13)23/h3-9,11-12H,2,10H2,1H3,(H,25,27,29). The van der Waals surface area contributed by atoms with Crippen molar-refractivity contribution in [1.82, 2.24) is 19.7 Å². The van der Waals surface area contributed by atoms with Crippen molar-refractivity contribution in [2.75, 3.05) is 5.32 Å². The van der Waals surface area contributed by atoms with E-state index in [2.05, 4.69) is 20.4 Å². The molecule has 1 amide bonds. The van der Waals surface area contributed by atoms with E-state index in [0.717, 1.165) is 16.1 Å². The van der Waals surface area contributed by atoms with Gasteiger partial charge in [0.1, 0.15) is 0 Å². The summed E-state index contributed by atoms with van der Waals surface area (Å²) in [4.78, 5) is 22.4. The highest BCUT2D eigenvalue weighted by Gasteiger charge is 2.19. The van der Waals surface area contributed by atoms with Crippen molar-refractivity contribution < 1.29 is 4.79 Å². The van der Waals surface area contributed by atoms with Gasteiger partial charge in [0.05, 0.1) is 27.5 Å². The molecule has 3 heterocycles. The molecular weight excluding hydrogens is 441 g/mol. The van der Waals surface area contributed by atoms with Crippen LogP contribution in [-0.4, -0.2) is 25.7 Å². The maximum atomic E-state index is 12.8. The highest BCUT2D eigenvalue weighted by atomic mass is 35.5. The average Bonchev–Trinajstić information content (AvgIpc) is 3.38. The molecule has 0 saturated carbocycles. The van der Waals surface area contributed by atoms with Crippen LogP contribution >= 0.6 is 34.5 Å². The molecule has 1 N–H and O–H groups in total. The van der Waals surface area contributed by atoms with Crippen LogP contribution in [0.2, 0.25) is 10.0 Å². The number of halogens is 2. The Kier molecular flexibility index (Phi) is 6.13. The Bertz CT molecular complexity index is 1190. The zero-order valence-corrected chi connectivity index (χ0v) is 18.3. The lowest BCUT2D eigenvalue weighted by Gasteiger charge is -2.06. The first-order valence-electron chi connectivity index (χ1n) is 9.24. The zero-order valence-electron chi connectivity index (χ0n) is 16.0. The van der Waals surface area contributed by atoms with Crippen LogP contribution in [0.25, 0.3) is 5.82 Å². The van der Waals surface area contributed by atoms with E-state index in [1.165, 1.54) is 11.3 Å². The van der Waals surface area contributed by atoms with Gasteiger partial charge in [-0.1, -0.05) is 48.3 Å². The highest BCUT2D eigenvalue weighted by Crippen LogP contribution is 2.29. The molecule has 0 fully saturated rings. The number of hydrogen-bond acceptors (Lipinski definition) is 5. The van der Waals surface area contributed by atoms with Crippen LogP contribution < -0.4 is 5.32 Å². The van der Waals surface area contributed by atoms with Crippen LogP contribution in [0.5, 0.6) is 0 Å². The molecule has 0 bridgehead atoms. The van der Waals surface area contributed by atoms with E-state index < -0.39 is 0 Å². The maximum Gasteiger partial charge on any atom is 0.260 e. The lowest BCUT2D eigenvalue weighted by Crippen LogP contribution is -2.14. The fourth-order valence-corrected chi connectivity index (χ4v) is 4.28. The summed E-state index contributed by atoms with van der Waals surface area (Å²) in [7, 11) is 0. The average molecular weight is 458 g/mol. The van der Waals surface area contributed by atoms with E-state index in [9.17, 15) is 4.79 Å². The summed E-state index contributed by atoms with van der Waals surface area (Å²) in [5.41, 5.74) is 2.20. The van der Waals surface area contributed by atoms with Gasteiger partial charge in [-0.3, -0.25) is 10.1 Å². The third-order valence-corrected chi connectivity index (χ3v) is 6.26. The Morgan fingerprint density at radius 2 is 2.00 bits per heavy atom. The fourth-order valence-electron chi connectivity index (χ4n) is 3.06. The normalized spacial score (nSPS) is 10.9. The first kappa shape index (κ1) is 20.5. The van der Waals surface area contributed by atoms with E-state index in [1.54, 1.807) is 29.3 Å². The molecule has 0 aliphatic heterocycles. The number of benzene rings is 1. The Balaban J connectivity index is 1.51. The molecule has 1 aromatic carbocycles. The van der Waals surface area contributed by atoms with Crippen LogP contribution in [0, 0.1) is 0 Å². The number of pyridine rings is 1. The second kappa shape index (κ2) is 8.95. The predicted octanol–water partition coefficient (Wildman–Crippen LogP) is 5.44. The summed E-state index contributed by atoms with van der Waals surface area (Å²) < 4.78 is 1.68. The zero-order chi connectivity index (χ0) is 21.1. The fraction of sp³-hybridized carbons (Fsp3) is 0.143. The molecule has 6 nitrogen and oxygen atoms in total. The van der Waals surface area contributed by atoms with Crippen molar-refractivity contribution in [2.45, 2.75) is 19.8 Å². The van der Waals surface area contributed by atoms with Crippen molar-refractivity contribution in [2.24, 2.45) is 0 Å². The molecule has 0 aliphatic rings. The molecular formula is C21H17Cl2N5OS. The maximum absolute atomic E-state index is 12.8. The van der Waals surface area contributed by atoms with Crippen molar-refractivity contribution in [3.05, 3.63) is 86.7 Å². The van der Waals surface area contributed by atoms with Gasteiger partial charge in [-0.25, -0.2) is 14.6 Å². The Morgan fingerprint density at radius 1 is 1.13 bits per heavy atom. The lowest BCUT2D eigenvalue weighted by molar-refractivity contribution is 0.102. The van der Waals surface area contributed by atoms with Crippen LogP contribution in [0.3, 0.4) is 0 Å². The molecule has 0 atom stereocenters. The molecule has 4 aromatic rings. The largest absolute Gasteiger partial charge is 0.298 e. The van der Waals surface area contributed by atoms with Gasteiger partial charge >= 0.3 is 0 Å². The second-order valence-electron chi connectivity index (χ2n) is 6.43. The second-order valence-corrected chi connectivity index (χ2v) is 8.33.